The predicted molar refractivity (Wildman–Crippen MR) is 79.6 cm³/mol. The summed E-state index contributed by atoms with van der Waals surface area (Å²) in [6.07, 6.45) is 0. The molecule has 0 aliphatic carbocycles. The fourth-order valence-corrected chi connectivity index (χ4v) is 1.68. The van der Waals surface area contributed by atoms with Gasteiger partial charge in [-0.2, -0.15) is 0 Å². The second-order valence-electron chi connectivity index (χ2n) is 5.07. The van der Waals surface area contributed by atoms with Gasteiger partial charge in [0.25, 0.3) is 0 Å². The number of ether oxygens (including phenoxy) is 2. The summed E-state index contributed by atoms with van der Waals surface area (Å²) in [4.78, 5) is 11.5. The second-order valence-corrected chi connectivity index (χ2v) is 5.07. The van der Waals surface area contributed by atoms with Crippen LogP contribution in [0.3, 0.4) is 0 Å². The molecule has 0 saturated heterocycles. The molecular weight excluding hydrogens is 268 g/mol. The monoisotopic (exact) mass is 286 g/mol. The fraction of sp³-hybridized carbons (Fsp3) is 0.235. The maximum absolute atomic E-state index is 11.5. The number of aliphatic carboxylic acids is 1. The van der Waals surface area contributed by atoms with Gasteiger partial charge in [-0.25, -0.2) is 0 Å². The molecule has 21 heavy (non-hydrogen) atoms. The van der Waals surface area contributed by atoms with Gasteiger partial charge in [0.2, 0.25) is 0 Å². The molecule has 1 N–H and O–H groups in total. The number of hydrogen-bond acceptors (Lipinski definition) is 3. The van der Waals surface area contributed by atoms with Crippen molar-refractivity contribution in [3.8, 4) is 11.5 Å². The van der Waals surface area contributed by atoms with Crippen LogP contribution in [0.2, 0.25) is 0 Å². The van der Waals surface area contributed by atoms with E-state index >= 15 is 0 Å². The van der Waals surface area contributed by atoms with Crippen molar-refractivity contribution in [3.63, 3.8) is 0 Å². The Hall–Kier alpha value is -2.49. The first-order valence-corrected chi connectivity index (χ1v) is 6.69. The summed E-state index contributed by atoms with van der Waals surface area (Å²) in [6, 6.07) is 18.3. The predicted octanol–water partition coefficient (Wildman–Crippen LogP) is 3.24. The van der Waals surface area contributed by atoms with E-state index in [2.05, 4.69) is 0 Å². The minimum absolute atomic E-state index is 0.0409. The van der Waals surface area contributed by atoms with Crippen LogP contribution in [-0.2, 0) is 4.79 Å². The van der Waals surface area contributed by atoms with E-state index in [4.69, 9.17) is 9.47 Å². The van der Waals surface area contributed by atoms with E-state index in [9.17, 15) is 9.90 Å². The summed E-state index contributed by atoms with van der Waals surface area (Å²) in [5.74, 6) is 0.337. The van der Waals surface area contributed by atoms with Crippen LogP contribution in [0.25, 0.3) is 0 Å². The van der Waals surface area contributed by atoms with Crippen LogP contribution in [0.4, 0.5) is 0 Å². The third-order valence-electron chi connectivity index (χ3n) is 3.12. The van der Waals surface area contributed by atoms with Crippen LogP contribution >= 0.6 is 0 Å². The van der Waals surface area contributed by atoms with Gasteiger partial charge in [-0.15, -0.1) is 0 Å². The highest BCUT2D eigenvalue weighted by atomic mass is 16.5. The largest absolute Gasteiger partial charge is 0.492 e. The van der Waals surface area contributed by atoms with Gasteiger partial charge in [0.1, 0.15) is 30.1 Å². The highest BCUT2D eigenvalue weighted by molar-refractivity contribution is 5.74. The SMILES string of the molecule is CC(COc1ccccc1)(COc1ccccc1)C(=O)O. The minimum Gasteiger partial charge on any atom is -0.492 e. The summed E-state index contributed by atoms with van der Waals surface area (Å²) in [5.41, 5.74) is -1.12. The van der Waals surface area contributed by atoms with Crippen molar-refractivity contribution in [1.82, 2.24) is 0 Å². The summed E-state index contributed by atoms with van der Waals surface area (Å²) in [5, 5.41) is 9.43. The number of hydrogen-bond donors (Lipinski definition) is 1. The molecule has 2 aromatic carbocycles. The summed E-state index contributed by atoms with van der Waals surface area (Å²) >= 11 is 0. The number of carboxylic acid groups (broad SMARTS) is 1. The van der Waals surface area contributed by atoms with E-state index in [-0.39, 0.29) is 13.2 Å². The van der Waals surface area contributed by atoms with Crippen LogP contribution in [0.5, 0.6) is 11.5 Å². The first-order valence-electron chi connectivity index (χ1n) is 6.69. The van der Waals surface area contributed by atoms with E-state index in [1.807, 2.05) is 36.4 Å². The Labute approximate surface area is 123 Å². The quantitative estimate of drug-likeness (QED) is 0.849. The van der Waals surface area contributed by atoms with Crippen molar-refractivity contribution in [2.75, 3.05) is 13.2 Å². The van der Waals surface area contributed by atoms with Crippen molar-refractivity contribution in [2.24, 2.45) is 5.41 Å². The number of para-hydroxylation sites is 2. The van der Waals surface area contributed by atoms with Crippen LogP contribution in [-0.4, -0.2) is 24.3 Å². The zero-order valence-corrected chi connectivity index (χ0v) is 11.9. The Morgan fingerprint density at radius 3 is 1.62 bits per heavy atom. The standard InChI is InChI=1S/C17H18O4/c1-17(16(18)19,12-20-14-8-4-2-5-9-14)13-21-15-10-6-3-7-11-15/h2-11H,12-13H2,1H3,(H,18,19). The molecule has 0 aliphatic heterocycles. The maximum atomic E-state index is 11.5. The Bertz CT molecular complexity index is 522. The molecule has 0 spiro atoms. The molecule has 0 unspecified atom stereocenters. The zero-order valence-electron chi connectivity index (χ0n) is 11.9. The van der Waals surface area contributed by atoms with Crippen LogP contribution in [0.15, 0.2) is 60.7 Å². The van der Waals surface area contributed by atoms with E-state index in [0.717, 1.165) is 0 Å². The third kappa shape index (κ3) is 4.24. The summed E-state index contributed by atoms with van der Waals surface area (Å²) in [7, 11) is 0. The molecule has 0 atom stereocenters. The lowest BCUT2D eigenvalue weighted by Gasteiger charge is -2.25. The molecule has 2 rings (SSSR count). The molecule has 0 bridgehead atoms. The summed E-state index contributed by atoms with van der Waals surface area (Å²) in [6.45, 7) is 1.69. The fourth-order valence-electron chi connectivity index (χ4n) is 1.68. The number of benzene rings is 2. The third-order valence-corrected chi connectivity index (χ3v) is 3.12. The molecule has 0 aromatic heterocycles. The van der Waals surface area contributed by atoms with Crippen LogP contribution in [0, 0.1) is 5.41 Å². The maximum Gasteiger partial charge on any atom is 0.316 e. The highest BCUT2D eigenvalue weighted by Gasteiger charge is 2.35. The summed E-state index contributed by atoms with van der Waals surface area (Å²) < 4.78 is 11.1. The van der Waals surface area contributed by atoms with Crippen LogP contribution < -0.4 is 9.47 Å². The molecule has 0 amide bonds. The van der Waals surface area contributed by atoms with Gasteiger partial charge in [0, 0.05) is 0 Å². The van der Waals surface area contributed by atoms with Gasteiger partial charge in [-0.3, -0.25) is 4.79 Å². The van der Waals surface area contributed by atoms with Crippen molar-refractivity contribution in [1.29, 1.82) is 0 Å². The lowest BCUT2D eigenvalue weighted by Crippen LogP contribution is -2.39. The Kier molecular flexibility index (Phi) is 4.82. The smallest absolute Gasteiger partial charge is 0.316 e. The van der Waals surface area contributed by atoms with E-state index in [1.165, 1.54) is 0 Å². The molecule has 0 radical (unpaired) electrons. The lowest BCUT2D eigenvalue weighted by atomic mass is 9.93. The van der Waals surface area contributed by atoms with E-state index in [0.29, 0.717) is 11.5 Å². The molecule has 0 heterocycles. The van der Waals surface area contributed by atoms with Crippen LogP contribution in [0.1, 0.15) is 6.92 Å². The molecular formula is C17H18O4. The molecule has 110 valence electrons. The minimum atomic E-state index is -1.12. The van der Waals surface area contributed by atoms with Gasteiger partial charge in [0.05, 0.1) is 0 Å². The first-order chi connectivity index (χ1) is 10.1. The normalized spacial score (nSPS) is 10.9. The number of carbonyl (C=O) groups is 1. The molecule has 0 aliphatic rings. The van der Waals surface area contributed by atoms with Gasteiger partial charge >= 0.3 is 5.97 Å². The van der Waals surface area contributed by atoms with Crippen molar-refractivity contribution >= 4 is 5.97 Å². The van der Waals surface area contributed by atoms with Crippen molar-refractivity contribution in [2.45, 2.75) is 6.92 Å². The number of rotatable bonds is 7. The van der Waals surface area contributed by atoms with Crippen molar-refractivity contribution < 1.29 is 19.4 Å². The van der Waals surface area contributed by atoms with Gasteiger partial charge < -0.3 is 14.6 Å². The Morgan fingerprint density at radius 2 is 1.29 bits per heavy atom. The Morgan fingerprint density at radius 1 is 0.905 bits per heavy atom. The molecule has 4 heteroatoms. The molecule has 0 saturated carbocycles. The van der Waals surface area contributed by atoms with Gasteiger partial charge in [-0.1, -0.05) is 36.4 Å². The second kappa shape index (κ2) is 6.79. The average Bonchev–Trinajstić information content (AvgIpc) is 2.53. The molecule has 4 nitrogen and oxygen atoms in total. The lowest BCUT2D eigenvalue weighted by molar-refractivity contribution is -0.151. The molecule has 0 fully saturated rings. The highest BCUT2D eigenvalue weighted by Crippen LogP contribution is 2.22. The van der Waals surface area contributed by atoms with E-state index < -0.39 is 11.4 Å². The molecule has 2 aromatic rings. The Balaban J connectivity index is 1.97. The first kappa shape index (κ1) is 14.9. The topological polar surface area (TPSA) is 55.8 Å². The zero-order chi connectivity index (χ0) is 15.1. The average molecular weight is 286 g/mol. The van der Waals surface area contributed by atoms with Gasteiger partial charge in [0.15, 0.2) is 0 Å². The van der Waals surface area contributed by atoms with Gasteiger partial charge in [-0.05, 0) is 31.2 Å². The number of carboxylic acids is 1. The van der Waals surface area contributed by atoms with E-state index in [1.54, 1.807) is 31.2 Å². The van der Waals surface area contributed by atoms with Crippen molar-refractivity contribution in [3.05, 3.63) is 60.7 Å².